The van der Waals surface area contributed by atoms with E-state index < -0.39 is 0 Å². The minimum Gasteiger partial charge on any atom is -0.486 e. The summed E-state index contributed by atoms with van der Waals surface area (Å²) >= 11 is 0. The molecule has 1 saturated heterocycles. The van der Waals surface area contributed by atoms with E-state index in [9.17, 15) is 5.11 Å². The normalized spacial score (nSPS) is 20.1. The third kappa shape index (κ3) is 2.83. The van der Waals surface area contributed by atoms with E-state index in [4.69, 9.17) is 15.2 Å². The lowest BCUT2D eigenvalue weighted by Gasteiger charge is -2.31. The van der Waals surface area contributed by atoms with E-state index in [1.807, 2.05) is 12.1 Å². The Morgan fingerprint density at radius 3 is 2.45 bits per heavy atom. The molecule has 110 valence electrons. The van der Waals surface area contributed by atoms with Crippen molar-refractivity contribution in [2.45, 2.75) is 19.4 Å². The van der Waals surface area contributed by atoms with Crippen LogP contribution in [0.4, 0.5) is 5.69 Å². The van der Waals surface area contributed by atoms with Crippen LogP contribution in [0.15, 0.2) is 12.1 Å². The second-order valence-electron chi connectivity index (χ2n) is 5.60. The first-order valence-electron chi connectivity index (χ1n) is 7.27. The van der Waals surface area contributed by atoms with Crippen molar-refractivity contribution < 1.29 is 14.6 Å². The molecule has 3 rings (SSSR count). The SMILES string of the molecule is Nc1cc2c(cc1CN1CCC(CO)CC1)OCCO2. The molecule has 0 radical (unpaired) electrons. The van der Waals surface area contributed by atoms with Crippen LogP contribution in [0.5, 0.6) is 11.5 Å². The number of anilines is 1. The van der Waals surface area contributed by atoms with Gasteiger partial charge in [-0.1, -0.05) is 0 Å². The Balaban J connectivity index is 1.68. The number of fused-ring (bicyclic) bond motifs is 1. The van der Waals surface area contributed by atoms with Gasteiger partial charge in [0.1, 0.15) is 13.2 Å². The van der Waals surface area contributed by atoms with Gasteiger partial charge < -0.3 is 20.3 Å². The van der Waals surface area contributed by atoms with Crippen LogP contribution in [0.2, 0.25) is 0 Å². The molecule has 5 nitrogen and oxygen atoms in total. The van der Waals surface area contributed by atoms with E-state index in [2.05, 4.69) is 4.90 Å². The molecule has 2 aliphatic heterocycles. The fourth-order valence-electron chi connectivity index (χ4n) is 2.85. The summed E-state index contributed by atoms with van der Waals surface area (Å²) in [5.41, 5.74) is 7.97. The molecule has 0 aliphatic carbocycles. The van der Waals surface area contributed by atoms with E-state index in [1.165, 1.54) is 0 Å². The summed E-state index contributed by atoms with van der Waals surface area (Å²) < 4.78 is 11.1. The maximum absolute atomic E-state index is 9.17. The Labute approximate surface area is 119 Å². The van der Waals surface area contributed by atoms with Gasteiger partial charge in [-0.15, -0.1) is 0 Å². The first-order valence-corrected chi connectivity index (χ1v) is 7.27. The van der Waals surface area contributed by atoms with E-state index in [0.29, 0.717) is 25.7 Å². The molecule has 0 unspecified atom stereocenters. The highest BCUT2D eigenvalue weighted by molar-refractivity contribution is 5.58. The molecule has 0 spiro atoms. The lowest BCUT2D eigenvalue weighted by Crippen LogP contribution is -2.34. The van der Waals surface area contributed by atoms with Gasteiger partial charge in [-0.05, 0) is 43.5 Å². The van der Waals surface area contributed by atoms with Crippen LogP contribution < -0.4 is 15.2 Å². The number of rotatable bonds is 3. The average Bonchev–Trinajstić information content (AvgIpc) is 2.49. The molecule has 3 N–H and O–H groups in total. The molecule has 0 atom stereocenters. The minimum absolute atomic E-state index is 0.306. The number of likely N-dealkylation sites (tertiary alicyclic amines) is 1. The molecule has 5 heteroatoms. The molecule has 1 aromatic carbocycles. The summed E-state index contributed by atoms with van der Waals surface area (Å²) in [5.74, 6) is 2.01. The molecular weight excluding hydrogens is 256 g/mol. The van der Waals surface area contributed by atoms with Gasteiger partial charge in [-0.25, -0.2) is 0 Å². The number of ether oxygens (including phenoxy) is 2. The predicted octanol–water partition coefficient (Wildman–Crippen LogP) is 1.24. The van der Waals surface area contributed by atoms with Crippen molar-refractivity contribution in [1.29, 1.82) is 0 Å². The molecule has 2 aliphatic rings. The third-order valence-corrected chi connectivity index (χ3v) is 4.16. The van der Waals surface area contributed by atoms with Crippen molar-refractivity contribution in [3.8, 4) is 11.5 Å². The zero-order valence-corrected chi connectivity index (χ0v) is 11.7. The Bertz CT molecular complexity index is 470. The number of benzene rings is 1. The Kier molecular flexibility index (Phi) is 3.98. The van der Waals surface area contributed by atoms with Crippen molar-refractivity contribution in [3.63, 3.8) is 0 Å². The van der Waals surface area contributed by atoms with E-state index in [-0.39, 0.29) is 0 Å². The van der Waals surface area contributed by atoms with Crippen LogP contribution in [-0.2, 0) is 6.54 Å². The standard InChI is InChI=1S/C15H22N2O3/c16-13-8-15-14(19-5-6-20-15)7-12(13)9-17-3-1-11(10-18)2-4-17/h7-8,11,18H,1-6,9-10,16H2. The maximum atomic E-state index is 9.17. The van der Waals surface area contributed by atoms with Gasteiger partial charge in [0.25, 0.3) is 0 Å². The van der Waals surface area contributed by atoms with Crippen molar-refractivity contribution in [2.75, 3.05) is 38.6 Å². The number of aliphatic hydroxyl groups is 1. The lowest BCUT2D eigenvalue weighted by atomic mass is 9.97. The largest absolute Gasteiger partial charge is 0.486 e. The number of hydrogen-bond donors (Lipinski definition) is 2. The summed E-state index contributed by atoms with van der Waals surface area (Å²) in [5, 5.41) is 9.17. The van der Waals surface area contributed by atoms with Crippen LogP contribution in [0, 0.1) is 5.92 Å². The molecule has 2 heterocycles. The number of nitrogens with two attached hydrogens (primary N) is 1. The molecule has 0 saturated carbocycles. The number of nitrogens with zero attached hydrogens (tertiary/aromatic N) is 1. The van der Waals surface area contributed by atoms with Gasteiger partial charge in [-0.3, -0.25) is 4.90 Å². The van der Waals surface area contributed by atoms with Crippen molar-refractivity contribution in [3.05, 3.63) is 17.7 Å². The van der Waals surface area contributed by atoms with Gasteiger partial charge in [0.05, 0.1) is 0 Å². The number of nitrogen functional groups attached to an aromatic ring is 1. The highest BCUT2D eigenvalue weighted by Crippen LogP contribution is 2.35. The van der Waals surface area contributed by atoms with Crippen LogP contribution in [0.3, 0.4) is 0 Å². The van der Waals surface area contributed by atoms with Crippen molar-refractivity contribution >= 4 is 5.69 Å². The number of aliphatic hydroxyl groups excluding tert-OH is 1. The van der Waals surface area contributed by atoms with Gasteiger partial charge in [0.2, 0.25) is 0 Å². The van der Waals surface area contributed by atoms with Crippen LogP contribution in [-0.4, -0.2) is 42.9 Å². The number of hydrogen-bond acceptors (Lipinski definition) is 5. The molecule has 20 heavy (non-hydrogen) atoms. The molecule has 1 aromatic rings. The zero-order chi connectivity index (χ0) is 13.9. The predicted molar refractivity (Wildman–Crippen MR) is 76.9 cm³/mol. The average molecular weight is 278 g/mol. The molecule has 1 fully saturated rings. The lowest BCUT2D eigenvalue weighted by molar-refractivity contribution is 0.127. The van der Waals surface area contributed by atoms with E-state index in [1.54, 1.807) is 0 Å². The summed E-state index contributed by atoms with van der Waals surface area (Å²) in [6, 6.07) is 3.87. The third-order valence-electron chi connectivity index (χ3n) is 4.16. The van der Waals surface area contributed by atoms with Gasteiger partial charge in [0, 0.05) is 24.9 Å². The van der Waals surface area contributed by atoms with Gasteiger partial charge >= 0.3 is 0 Å². The van der Waals surface area contributed by atoms with Crippen LogP contribution >= 0.6 is 0 Å². The highest BCUT2D eigenvalue weighted by Gasteiger charge is 2.20. The second-order valence-corrected chi connectivity index (χ2v) is 5.60. The molecular formula is C15H22N2O3. The first kappa shape index (κ1) is 13.5. The van der Waals surface area contributed by atoms with Crippen molar-refractivity contribution in [2.24, 2.45) is 5.92 Å². The monoisotopic (exact) mass is 278 g/mol. The Morgan fingerprint density at radius 1 is 1.15 bits per heavy atom. The maximum Gasteiger partial charge on any atom is 0.163 e. The molecule has 0 amide bonds. The van der Waals surface area contributed by atoms with E-state index >= 15 is 0 Å². The van der Waals surface area contributed by atoms with Gasteiger partial charge in [-0.2, -0.15) is 0 Å². The molecule has 0 aromatic heterocycles. The summed E-state index contributed by atoms with van der Waals surface area (Å²) in [7, 11) is 0. The first-order chi connectivity index (χ1) is 9.76. The zero-order valence-electron chi connectivity index (χ0n) is 11.7. The summed E-state index contributed by atoms with van der Waals surface area (Å²) in [6.45, 7) is 4.34. The van der Waals surface area contributed by atoms with Crippen LogP contribution in [0.1, 0.15) is 18.4 Å². The van der Waals surface area contributed by atoms with Crippen LogP contribution in [0.25, 0.3) is 0 Å². The summed E-state index contributed by atoms with van der Waals surface area (Å²) in [4.78, 5) is 2.38. The van der Waals surface area contributed by atoms with Gasteiger partial charge in [0.15, 0.2) is 11.5 Å². The smallest absolute Gasteiger partial charge is 0.163 e. The Hall–Kier alpha value is -1.46. The highest BCUT2D eigenvalue weighted by atomic mass is 16.6. The molecule has 0 bridgehead atoms. The van der Waals surface area contributed by atoms with E-state index in [0.717, 1.165) is 55.2 Å². The minimum atomic E-state index is 0.306. The van der Waals surface area contributed by atoms with Crippen molar-refractivity contribution in [1.82, 2.24) is 4.90 Å². The quantitative estimate of drug-likeness (QED) is 0.814. The topological polar surface area (TPSA) is 68.0 Å². The fourth-order valence-corrected chi connectivity index (χ4v) is 2.85. The number of piperidine rings is 1. The fraction of sp³-hybridized carbons (Fsp3) is 0.600. The second kappa shape index (κ2) is 5.89. The Morgan fingerprint density at radius 2 is 1.80 bits per heavy atom. The summed E-state index contributed by atoms with van der Waals surface area (Å²) in [6.07, 6.45) is 2.11.